The summed E-state index contributed by atoms with van der Waals surface area (Å²) in [5, 5.41) is 3.57. The Bertz CT molecular complexity index is 789. The average molecular weight is 342 g/mol. The maximum absolute atomic E-state index is 12.4. The molecular formula is C17H18N4O2S. The van der Waals surface area contributed by atoms with Gasteiger partial charge in [0.2, 0.25) is 0 Å². The summed E-state index contributed by atoms with van der Waals surface area (Å²) in [6.07, 6.45) is 1.69. The van der Waals surface area contributed by atoms with E-state index in [4.69, 9.17) is 4.42 Å². The molecule has 0 saturated carbocycles. The summed E-state index contributed by atoms with van der Waals surface area (Å²) in [7, 11) is 0. The van der Waals surface area contributed by atoms with Gasteiger partial charge in [0.05, 0.1) is 23.0 Å². The molecule has 7 heteroatoms. The summed E-state index contributed by atoms with van der Waals surface area (Å²) in [5.74, 6) is 0.961. The van der Waals surface area contributed by atoms with Gasteiger partial charge in [-0.2, -0.15) is 0 Å². The molecule has 0 unspecified atom stereocenters. The lowest BCUT2D eigenvalue weighted by Gasteiger charge is -2.33. The zero-order chi connectivity index (χ0) is 16.4. The van der Waals surface area contributed by atoms with Gasteiger partial charge in [-0.25, -0.2) is 9.78 Å². The molecule has 1 fully saturated rings. The van der Waals surface area contributed by atoms with Crippen LogP contribution in [0.5, 0.6) is 0 Å². The SMILES string of the molecule is O=C(Nc1nc2ccccc2s1)N1CCN(Cc2ccco2)CC1. The number of para-hydroxylation sites is 1. The zero-order valence-corrected chi connectivity index (χ0v) is 14.0. The van der Waals surface area contributed by atoms with Crippen molar-refractivity contribution in [1.82, 2.24) is 14.8 Å². The van der Waals surface area contributed by atoms with Gasteiger partial charge in [0.25, 0.3) is 0 Å². The number of piperazine rings is 1. The van der Waals surface area contributed by atoms with Crippen LogP contribution in [0.1, 0.15) is 5.76 Å². The second kappa shape index (κ2) is 6.62. The molecule has 0 aliphatic carbocycles. The van der Waals surface area contributed by atoms with Gasteiger partial charge in [0.1, 0.15) is 5.76 Å². The number of hydrogen-bond donors (Lipinski definition) is 1. The quantitative estimate of drug-likeness (QED) is 0.794. The Balaban J connectivity index is 1.32. The van der Waals surface area contributed by atoms with E-state index in [-0.39, 0.29) is 6.03 Å². The summed E-state index contributed by atoms with van der Waals surface area (Å²) >= 11 is 1.50. The molecule has 24 heavy (non-hydrogen) atoms. The predicted octanol–water partition coefficient (Wildman–Crippen LogP) is 3.24. The number of anilines is 1. The lowest BCUT2D eigenvalue weighted by Crippen LogP contribution is -2.49. The van der Waals surface area contributed by atoms with Gasteiger partial charge in [-0.1, -0.05) is 23.5 Å². The minimum absolute atomic E-state index is 0.0771. The molecular weight excluding hydrogens is 324 g/mol. The van der Waals surface area contributed by atoms with Crippen LogP contribution in [0.15, 0.2) is 47.1 Å². The molecule has 0 atom stereocenters. The number of aromatic nitrogens is 1. The highest BCUT2D eigenvalue weighted by Gasteiger charge is 2.22. The van der Waals surface area contributed by atoms with Crippen molar-refractivity contribution >= 4 is 32.7 Å². The van der Waals surface area contributed by atoms with E-state index in [2.05, 4.69) is 15.2 Å². The normalized spacial score (nSPS) is 15.8. The molecule has 6 nitrogen and oxygen atoms in total. The molecule has 1 saturated heterocycles. The molecule has 3 aromatic rings. The van der Waals surface area contributed by atoms with E-state index in [9.17, 15) is 4.79 Å². The number of carbonyl (C=O) groups excluding carboxylic acids is 1. The maximum atomic E-state index is 12.4. The van der Waals surface area contributed by atoms with E-state index >= 15 is 0 Å². The first-order valence-corrected chi connectivity index (χ1v) is 8.76. The van der Waals surface area contributed by atoms with Crippen LogP contribution in [0.2, 0.25) is 0 Å². The minimum Gasteiger partial charge on any atom is -0.468 e. The van der Waals surface area contributed by atoms with Crippen molar-refractivity contribution in [1.29, 1.82) is 0 Å². The second-order valence-electron chi connectivity index (χ2n) is 5.76. The fraction of sp³-hybridized carbons (Fsp3) is 0.294. The summed E-state index contributed by atoms with van der Waals surface area (Å²) in [4.78, 5) is 21.0. The third-order valence-electron chi connectivity index (χ3n) is 4.13. The molecule has 124 valence electrons. The summed E-state index contributed by atoms with van der Waals surface area (Å²) in [6, 6.07) is 11.7. The molecule has 0 radical (unpaired) electrons. The van der Waals surface area contributed by atoms with E-state index in [1.165, 1.54) is 11.3 Å². The number of hydrogen-bond acceptors (Lipinski definition) is 5. The lowest BCUT2D eigenvalue weighted by molar-refractivity contribution is 0.137. The van der Waals surface area contributed by atoms with Crippen LogP contribution in [0.3, 0.4) is 0 Å². The number of urea groups is 1. The molecule has 1 aliphatic heterocycles. The number of furan rings is 1. The van der Waals surface area contributed by atoms with Crippen molar-refractivity contribution in [2.75, 3.05) is 31.5 Å². The molecule has 3 heterocycles. The number of nitrogens with zero attached hydrogens (tertiary/aromatic N) is 3. The molecule has 2 aromatic heterocycles. The highest BCUT2D eigenvalue weighted by molar-refractivity contribution is 7.22. The van der Waals surface area contributed by atoms with Crippen molar-refractivity contribution < 1.29 is 9.21 Å². The Labute approximate surface area is 143 Å². The number of amides is 2. The lowest BCUT2D eigenvalue weighted by atomic mass is 10.3. The Morgan fingerprint density at radius 2 is 2.00 bits per heavy atom. The first kappa shape index (κ1) is 15.2. The highest BCUT2D eigenvalue weighted by atomic mass is 32.1. The van der Waals surface area contributed by atoms with Crippen molar-refractivity contribution in [2.45, 2.75) is 6.54 Å². The van der Waals surface area contributed by atoms with Gasteiger partial charge < -0.3 is 9.32 Å². The highest BCUT2D eigenvalue weighted by Crippen LogP contribution is 2.25. The first-order chi connectivity index (χ1) is 11.8. The topological polar surface area (TPSA) is 61.6 Å². The second-order valence-corrected chi connectivity index (χ2v) is 6.79. The van der Waals surface area contributed by atoms with Crippen LogP contribution in [-0.2, 0) is 6.54 Å². The monoisotopic (exact) mass is 342 g/mol. The van der Waals surface area contributed by atoms with Crippen molar-refractivity contribution in [3.8, 4) is 0 Å². The van der Waals surface area contributed by atoms with Crippen molar-refractivity contribution in [3.05, 3.63) is 48.4 Å². The van der Waals surface area contributed by atoms with E-state index < -0.39 is 0 Å². The molecule has 0 bridgehead atoms. The van der Waals surface area contributed by atoms with E-state index in [0.29, 0.717) is 18.2 Å². The fourth-order valence-corrected chi connectivity index (χ4v) is 3.68. The number of fused-ring (bicyclic) bond motifs is 1. The summed E-state index contributed by atoms with van der Waals surface area (Å²) in [5.41, 5.74) is 0.918. The molecule has 1 aromatic carbocycles. The summed E-state index contributed by atoms with van der Waals surface area (Å²) in [6.45, 7) is 3.89. The maximum Gasteiger partial charge on any atom is 0.323 e. The van der Waals surface area contributed by atoms with E-state index in [1.54, 1.807) is 6.26 Å². The number of benzene rings is 1. The number of carbonyl (C=O) groups is 1. The number of nitrogens with one attached hydrogen (secondary N) is 1. The van der Waals surface area contributed by atoms with Gasteiger partial charge >= 0.3 is 6.03 Å². The Hall–Kier alpha value is -2.38. The number of rotatable bonds is 3. The fourth-order valence-electron chi connectivity index (χ4n) is 2.83. The summed E-state index contributed by atoms with van der Waals surface area (Å²) < 4.78 is 6.46. The van der Waals surface area contributed by atoms with E-state index in [0.717, 1.165) is 35.6 Å². The van der Waals surface area contributed by atoms with Crippen molar-refractivity contribution in [3.63, 3.8) is 0 Å². The third kappa shape index (κ3) is 3.27. The first-order valence-electron chi connectivity index (χ1n) is 7.94. The largest absolute Gasteiger partial charge is 0.468 e. The Kier molecular flexibility index (Phi) is 4.18. The van der Waals surface area contributed by atoms with Gasteiger partial charge in [-0.3, -0.25) is 10.2 Å². The van der Waals surface area contributed by atoms with Crippen LogP contribution in [0.25, 0.3) is 10.2 Å². The average Bonchev–Trinajstić information content (AvgIpc) is 3.24. The van der Waals surface area contributed by atoms with Crippen LogP contribution in [0, 0.1) is 0 Å². The molecule has 4 rings (SSSR count). The van der Waals surface area contributed by atoms with E-state index in [1.807, 2.05) is 41.3 Å². The number of thiazole rings is 1. The van der Waals surface area contributed by atoms with Gasteiger partial charge in [0.15, 0.2) is 5.13 Å². The van der Waals surface area contributed by atoms with Gasteiger partial charge in [-0.05, 0) is 24.3 Å². The predicted molar refractivity (Wildman–Crippen MR) is 94.2 cm³/mol. The third-order valence-corrected chi connectivity index (χ3v) is 5.08. The van der Waals surface area contributed by atoms with Gasteiger partial charge in [0, 0.05) is 26.2 Å². The zero-order valence-electron chi connectivity index (χ0n) is 13.1. The van der Waals surface area contributed by atoms with Crippen LogP contribution in [-0.4, -0.2) is 47.0 Å². The Morgan fingerprint density at radius 3 is 2.75 bits per heavy atom. The van der Waals surface area contributed by atoms with Crippen LogP contribution >= 0.6 is 11.3 Å². The molecule has 2 amide bonds. The smallest absolute Gasteiger partial charge is 0.323 e. The standard InChI is InChI=1S/C17H18N4O2S/c22-17(19-16-18-14-5-1-2-6-15(14)24-16)21-9-7-20(8-10-21)12-13-4-3-11-23-13/h1-6,11H,7-10,12H2,(H,18,19,22). The van der Waals surface area contributed by atoms with Gasteiger partial charge in [-0.15, -0.1) is 0 Å². The molecule has 0 spiro atoms. The minimum atomic E-state index is -0.0771. The molecule has 1 N–H and O–H groups in total. The van der Waals surface area contributed by atoms with Crippen molar-refractivity contribution in [2.24, 2.45) is 0 Å². The van der Waals surface area contributed by atoms with Crippen LogP contribution < -0.4 is 5.32 Å². The van der Waals surface area contributed by atoms with Crippen LogP contribution in [0.4, 0.5) is 9.93 Å². The Morgan fingerprint density at radius 1 is 1.17 bits per heavy atom. The molecule has 1 aliphatic rings.